The Morgan fingerprint density at radius 3 is 2.42 bits per heavy atom. The Balaban J connectivity index is 0.967. The molecule has 2 aromatic heterocycles. The summed E-state index contributed by atoms with van der Waals surface area (Å²) < 4.78 is 14.5. The molecule has 0 aliphatic carbocycles. The summed E-state index contributed by atoms with van der Waals surface area (Å²) in [6, 6.07) is 7.74. The van der Waals surface area contributed by atoms with Crippen LogP contribution in [0.5, 0.6) is 0 Å². The highest BCUT2D eigenvalue weighted by Crippen LogP contribution is 2.39. The van der Waals surface area contributed by atoms with E-state index in [2.05, 4.69) is 15.6 Å². The van der Waals surface area contributed by atoms with E-state index in [9.17, 15) is 52.7 Å². The van der Waals surface area contributed by atoms with Crippen LogP contribution in [0.1, 0.15) is 96.7 Å². The van der Waals surface area contributed by atoms with Crippen molar-refractivity contribution in [3.8, 4) is 0 Å². The van der Waals surface area contributed by atoms with Crippen molar-refractivity contribution in [3.05, 3.63) is 69.8 Å². The van der Waals surface area contributed by atoms with Crippen molar-refractivity contribution >= 4 is 70.5 Å². The third-order valence-corrected chi connectivity index (χ3v) is 12.6. The van der Waals surface area contributed by atoms with Crippen LogP contribution >= 0.6 is 7.60 Å². The van der Waals surface area contributed by atoms with Gasteiger partial charge in [0.15, 0.2) is 0 Å². The molecule has 3 aliphatic rings. The predicted molar refractivity (Wildman–Crippen MR) is 215 cm³/mol. The number of nitrogens with zero attached hydrogens (tertiary/aromatic N) is 4. The lowest BCUT2D eigenvalue weighted by atomic mass is 10.0. The molecule has 20 heteroatoms. The molecule has 60 heavy (non-hydrogen) atoms. The number of piperidine rings is 1. The van der Waals surface area contributed by atoms with Gasteiger partial charge in [-0.1, -0.05) is 18.9 Å². The molecule has 4 atom stereocenters. The molecular formula is C40H47N8O11P. The molecule has 0 radical (unpaired) electrons. The van der Waals surface area contributed by atoms with Crippen molar-refractivity contribution in [3.63, 3.8) is 0 Å². The van der Waals surface area contributed by atoms with E-state index < -0.39 is 54.9 Å². The number of benzene rings is 2. The van der Waals surface area contributed by atoms with Crippen LogP contribution in [-0.4, -0.2) is 106 Å². The quantitative estimate of drug-likeness (QED) is 0.0637. The highest BCUT2D eigenvalue weighted by Gasteiger charge is 2.45. The van der Waals surface area contributed by atoms with Crippen LogP contribution in [0.3, 0.4) is 0 Å². The SMILES string of the molecule is Cn1c(=O)n(C2CCC(=O)NC2=O)c2ccc(CCCCCCC(=O)N3CC[C@H]4CC[C@@H](C(N)=O)N4C(=O)[C@@H](NC(=O)c4cc5cc(C(=O)P(=O)(O)O)ccc5[nH]4)C3)cc21. The Morgan fingerprint density at radius 1 is 0.917 bits per heavy atom. The molecule has 0 saturated carbocycles. The normalized spacial score (nSPS) is 21.1. The molecule has 2 aromatic carbocycles. The zero-order chi connectivity index (χ0) is 43.0. The van der Waals surface area contributed by atoms with Crippen LogP contribution in [-0.2, 0) is 42.0 Å². The summed E-state index contributed by atoms with van der Waals surface area (Å²) in [6.07, 6.45) is 5.65. The van der Waals surface area contributed by atoms with Crippen LogP contribution in [0.4, 0.5) is 0 Å². The molecule has 0 spiro atoms. The third-order valence-electron chi connectivity index (χ3n) is 11.8. The minimum absolute atomic E-state index is 0.00228. The molecule has 1 unspecified atom stereocenters. The minimum Gasteiger partial charge on any atom is -0.368 e. The number of aryl methyl sites for hydroxylation is 2. The first-order valence-corrected chi connectivity index (χ1v) is 21.6. The molecule has 3 fully saturated rings. The number of rotatable bonds is 13. The number of fused-ring (bicyclic) bond motifs is 3. The van der Waals surface area contributed by atoms with Crippen LogP contribution in [0.15, 0.2) is 47.3 Å². The summed E-state index contributed by atoms with van der Waals surface area (Å²) in [5, 5.41) is 5.36. The minimum atomic E-state index is -5.04. The van der Waals surface area contributed by atoms with Crippen molar-refractivity contribution in [2.24, 2.45) is 12.8 Å². The maximum Gasteiger partial charge on any atom is 0.396 e. The first-order valence-electron chi connectivity index (χ1n) is 20.0. The van der Waals surface area contributed by atoms with E-state index in [-0.39, 0.29) is 60.6 Å². The Kier molecular flexibility index (Phi) is 12.0. The molecular weight excluding hydrogens is 799 g/mol. The van der Waals surface area contributed by atoms with E-state index in [4.69, 9.17) is 5.73 Å². The maximum atomic E-state index is 14.1. The number of primary amides is 1. The van der Waals surface area contributed by atoms with Gasteiger partial charge >= 0.3 is 13.3 Å². The molecule has 4 aromatic rings. The third kappa shape index (κ3) is 8.55. The van der Waals surface area contributed by atoms with Gasteiger partial charge in [0.2, 0.25) is 29.5 Å². The standard InChI is InChI=1S/C40H47N8O11P/c1-45-32-18-22(8-12-29(32)48(40(45)56)31-14-15-33(49)44-37(31)53)6-4-2-3-5-7-34(50)46-17-16-25-10-13-30(35(41)51)47(25)38(54)28(21-46)43-36(52)27-20-24-19-23(9-11-26(24)42-27)39(55)60(57,58)59/h8-9,11-12,18-20,25,28,30-31,42H,2-7,10,13-17,21H2,1H3,(H2,41,51)(H,43,52)(H,44,49,53)(H2,57,58,59)/t25-,28+,30+,31?/m1/s1. The van der Waals surface area contributed by atoms with E-state index >= 15 is 0 Å². The Morgan fingerprint density at radius 2 is 1.68 bits per heavy atom. The number of H-pyrrole nitrogens is 1. The second-order valence-corrected chi connectivity index (χ2v) is 17.3. The molecule has 7 N–H and O–H groups in total. The van der Waals surface area contributed by atoms with E-state index in [1.165, 1.54) is 38.3 Å². The average Bonchev–Trinajstić information content (AvgIpc) is 3.89. The Labute approximate surface area is 342 Å². The van der Waals surface area contributed by atoms with Gasteiger partial charge in [-0.15, -0.1) is 0 Å². The summed E-state index contributed by atoms with van der Waals surface area (Å²) in [6.45, 7) is 0.152. The number of amides is 6. The zero-order valence-corrected chi connectivity index (χ0v) is 33.8. The fourth-order valence-corrected chi connectivity index (χ4v) is 9.17. The molecule has 0 bridgehead atoms. The van der Waals surface area contributed by atoms with Gasteiger partial charge in [0.1, 0.15) is 23.8 Å². The molecule has 7 rings (SSSR count). The maximum absolute atomic E-state index is 14.1. The number of hydrogen-bond donors (Lipinski definition) is 6. The monoisotopic (exact) mass is 846 g/mol. The number of imidazole rings is 1. The Bertz CT molecular complexity index is 2540. The zero-order valence-electron chi connectivity index (χ0n) is 32.9. The van der Waals surface area contributed by atoms with Crippen LogP contribution < -0.4 is 22.1 Å². The molecule has 318 valence electrons. The van der Waals surface area contributed by atoms with Gasteiger partial charge in [-0.3, -0.25) is 52.6 Å². The number of nitrogens with one attached hydrogen (secondary N) is 3. The lowest BCUT2D eigenvalue weighted by Crippen LogP contribution is -2.60. The molecule has 6 amide bonds. The van der Waals surface area contributed by atoms with Crippen molar-refractivity contribution < 1.29 is 47.9 Å². The van der Waals surface area contributed by atoms with Gasteiger partial charge in [-0.2, -0.15) is 0 Å². The second-order valence-electron chi connectivity index (χ2n) is 15.8. The molecule has 3 saturated heterocycles. The summed E-state index contributed by atoms with van der Waals surface area (Å²) in [4.78, 5) is 128. The van der Waals surface area contributed by atoms with Crippen LogP contribution in [0, 0.1) is 0 Å². The van der Waals surface area contributed by atoms with Crippen molar-refractivity contribution in [2.75, 3.05) is 13.1 Å². The number of carbonyl (C=O) groups excluding carboxylic acids is 7. The van der Waals surface area contributed by atoms with Crippen LogP contribution in [0.2, 0.25) is 0 Å². The largest absolute Gasteiger partial charge is 0.396 e. The van der Waals surface area contributed by atoms with Crippen LogP contribution in [0.25, 0.3) is 21.9 Å². The summed E-state index contributed by atoms with van der Waals surface area (Å²) in [5.41, 5.74) is 6.45. The summed E-state index contributed by atoms with van der Waals surface area (Å²) in [7, 11) is -3.39. The number of unbranched alkanes of at least 4 members (excludes halogenated alkanes) is 3. The predicted octanol–water partition coefficient (Wildman–Crippen LogP) is 1.49. The fraction of sp³-hybridized carbons (Fsp3) is 0.450. The van der Waals surface area contributed by atoms with Gasteiger partial charge in [0.05, 0.1) is 11.0 Å². The van der Waals surface area contributed by atoms with E-state index in [1.54, 1.807) is 11.9 Å². The van der Waals surface area contributed by atoms with Gasteiger partial charge in [-0.25, -0.2) is 4.79 Å². The summed E-state index contributed by atoms with van der Waals surface area (Å²) in [5.74, 6) is -2.92. The average molecular weight is 847 g/mol. The highest BCUT2D eigenvalue weighted by atomic mass is 31.2. The van der Waals surface area contributed by atoms with E-state index in [0.717, 1.165) is 31.2 Å². The Hall–Kier alpha value is -5.91. The number of aromatic amines is 1. The molecule has 3 aliphatic heterocycles. The van der Waals surface area contributed by atoms with Crippen molar-refractivity contribution in [2.45, 2.75) is 94.8 Å². The van der Waals surface area contributed by atoms with E-state index in [0.29, 0.717) is 54.2 Å². The van der Waals surface area contributed by atoms with Gasteiger partial charge < -0.3 is 35.6 Å². The summed E-state index contributed by atoms with van der Waals surface area (Å²) >= 11 is 0. The van der Waals surface area contributed by atoms with Gasteiger partial charge in [0, 0.05) is 55.5 Å². The molecule has 5 heterocycles. The number of carbonyl (C=O) groups is 7. The fourth-order valence-electron chi connectivity index (χ4n) is 8.69. The van der Waals surface area contributed by atoms with Crippen molar-refractivity contribution in [1.82, 2.24) is 34.6 Å². The lowest BCUT2D eigenvalue weighted by molar-refractivity contribution is -0.144. The topological polar surface area (TPSA) is 276 Å². The van der Waals surface area contributed by atoms with Gasteiger partial charge in [0.25, 0.3) is 11.4 Å². The second kappa shape index (κ2) is 17.0. The first kappa shape index (κ1) is 42.2. The highest BCUT2D eigenvalue weighted by molar-refractivity contribution is 7.70. The number of aromatic nitrogens is 3. The van der Waals surface area contributed by atoms with Crippen molar-refractivity contribution in [1.29, 1.82) is 0 Å². The smallest absolute Gasteiger partial charge is 0.368 e. The molecule has 19 nitrogen and oxygen atoms in total. The van der Waals surface area contributed by atoms with E-state index in [1.807, 2.05) is 18.2 Å². The first-order chi connectivity index (χ1) is 28.5. The lowest BCUT2D eigenvalue weighted by Gasteiger charge is -2.38. The number of hydrogen-bond acceptors (Lipinski definition) is 9. The van der Waals surface area contributed by atoms with Gasteiger partial charge in [-0.05, 0) is 86.9 Å². The number of imide groups is 1. The number of nitrogens with two attached hydrogens (primary N) is 1.